The minimum atomic E-state index is -0.392. The van der Waals surface area contributed by atoms with Gasteiger partial charge >= 0.3 is 0 Å². The first-order valence-corrected chi connectivity index (χ1v) is 10.3. The molecular weight excluding hydrogens is 457 g/mol. The SMILES string of the molecule is Cc1sc2ncn(CC(=O)Nc3ccc(F)cc3)c(=O)c2c1-c1ccc(Br)cc1. The Morgan fingerprint density at radius 3 is 2.55 bits per heavy atom. The summed E-state index contributed by atoms with van der Waals surface area (Å²) in [6.45, 7) is 1.77. The molecule has 2 aromatic carbocycles. The molecule has 0 atom stereocenters. The highest BCUT2D eigenvalue weighted by Crippen LogP contribution is 2.35. The third-order valence-corrected chi connectivity index (χ3v) is 5.97. The van der Waals surface area contributed by atoms with Crippen molar-refractivity contribution in [2.24, 2.45) is 0 Å². The Balaban J connectivity index is 1.69. The van der Waals surface area contributed by atoms with Gasteiger partial charge in [0.25, 0.3) is 5.56 Å². The Hall–Kier alpha value is -2.84. The van der Waals surface area contributed by atoms with Gasteiger partial charge in [-0.05, 0) is 48.9 Å². The molecule has 4 rings (SSSR count). The standard InChI is InChI=1S/C21H15BrFN3O2S/c1-12-18(13-2-4-14(22)5-3-13)19-20(29-12)24-11-26(21(19)28)10-17(27)25-16-8-6-15(23)7-9-16/h2-9,11H,10H2,1H3,(H,25,27). The molecule has 146 valence electrons. The number of amides is 1. The lowest BCUT2D eigenvalue weighted by atomic mass is 10.0. The summed E-state index contributed by atoms with van der Waals surface area (Å²) in [6.07, 6.45) is 1.39. The number of halogens is 2. The molecule has 0 saturated heterocycles. The lowest BCUT2D eigenvalue weighted by Gasteiger charge is -2.08. The molecule has 2 aromatic heterocycles. The molecule has 8 heteroatoms. The van der Waals surface area contributed by atoms with Crippen LogP contribution in [0.1, 0.15) is 4.88 Å². The van der Waals surface area contributed by atoms with Crippen LogP contribution < -0.4 is 10.9 Å². The maximum absolute atomic E-state index is 13.1. The number of nitrogens with one attached hydrogen (secondary N) is 1. The molecule has 0 aliphatic heterocycles. The van der Waals surface area contributed by atoms with Crippen molar-refractivity contribution in [3.8, 4) is 11.1 Å². The number of aryl methyl sites for hydroxylation is 1. The van der Waals surface area contributed by atoms with E-state index in [0.717, 1.165) is 20.5 Å². The molecule has 0 radical (unpaired) electrons. The quantitative estimate of drug-likeness (QED) is 0.456. The van der Waals surface area contributed by atoms with Gasteiger partial charge in [0.15, 0.2) is 0 Å². The van der Waals surface area contributed by atoms with E-state index in [1.54, 1.807) is 0 Å². The zero-order valence-corrected chi connectivity index (χ0v) is 17.7. The van der Waals surface area contributed by atoms with E-state index in [0.29, 0.717) is 15.9 Å². The number of benzene rings is 2. The van der Waals surface area contributed by atoms with E-state index in [2.05, 4.69) is 26.2 Å². The first-order valence-electron chi connectivity index (χ1n) is 8.72. The van der Waals surface area contributed by atoms with Crippen LogP contribution in [0.2, 0.25) is 0 Å². The van der Waals surface area contributed by atoms with Crippen molar-refractivity contribution in [1.29, 1.82) is 0 Å². The van der Waals surface area contributed by atoms with E-state index in [4.69, 9.17) is 0 Å². The average Bonchev–Trinajstić information content (AvgIpc) is 3.03. The van der Waals surface area contributed by atoms with E-state index in [-0.39, 0.29) is 17.9 Å². The second kappa shape index (κ2) is 7.88. The van der Waals surface area contributed by atoms with Crippen LogP contribution >= 0.6 is 27.3 Å². The van der Waals surface area contributed by atoms with Crippen molar-refractivity contribution in [2.75, 3.05) is 5.32 Å². The zero-order valence-electron chi connectivity index (χ0n) is 15.3. The Morgan fingerprint density at radius 1 is 1.17 bits per heavy atom. The van der Waals surface area contributed by atoms with Crippen molar-refractivity contribution in [1.82, 2.24) is 9.55 Å². The smallest absolute Gasteiger partial charge is 0.263 e. The first-order chi connectivity index (χ1) is 13.9. The molecule has 0 spiro atoms. The van der Waals surface area contributed by atoms with Crippen molar-refractivity contribution in [2.45, 2.75) is 13.5 Å². The predicted octanol–water partition coefficient (Wildman–Crippen LogP) is 4.97. The molecule has 2 heterocycles. The number of rotatable bonds is 4. The van der Waals surface area contributed by atoms with Gasteiger partial charge < -0.3 is 5.32 Å². The Kier molecular flexibility index (Phi) is 5.29. The molecule has 0 aliphatic carbocycles. The molecule has 0 bridgehead atoms. The Bertz CT molecular complexity index is 1260. The number of thiophene rings is 1. The minimum Gasteiger partial charge on any atom is -0.325 e. The molecule has 1 amide bonds. The molecule has 5 nitrogen and oxygen atoms in total. The molecule has 0 unspecified atom stereocenters. The normalized spacial score (nSPS) is 11.0. The van der Waals surface area contributed by atoms with E-state index in [1.807, 2.05) is 31.2 Å². The topological polar surface area (TPSA) is 64.0 Å². The summed E-state index contributed by atoms with van der Waals surface area (Å²) in [5, 5.41) is 3.16. The molecular formula is C21H15BrFN3O2S. The number of hydrogen-bond donors (Lipinski definition) is 1. The van der Waals surface area contributed by atoms with Gasteiger partial charge in [-0.2, -0.15) is 0 Å². The highest BCUT2D eigenvalue weighted by molar-refractivity contribution is 9.10. The third kappa shape index (κ3) is 3.99. The summed E-state index contributed by atoms with van der Waals surface area (Å²) < 4.78 is 15.2. The van der Waals surface area contributed by atoms with Crippen LogP contribution in [0.4, 0.5) is 10.1 Å². The lowest BCUT2D eigenvalue weighted by Crippen LogP contribution is -2.27. The van der Waals surface area contributed by atoms with Crippen LogP contribution in [0.25, 0.3) is 21.3 Å². The second-order valence-electron chi connectivity index (χ2n) is 6.45. The molecule has 4 aromatic rings. The number of carbonyl (C=O) groups is 1. The number of aromatic nitrogens is 2. The Morgan fingerprint density at radius 2 is 1.86 bits per heavy atom. The van der Waals surface area contributed by atoms with E-state index >= 15 is 0 Å². The fraction of sp³-hybridized carbons (Fsp3) is 0.0952. The van der Waals surface area contributed by atoms with Crippen LogP contribution in [0.5, 0.6) is 0 Å². The highest BCUT2D eigenvalue weighted by Gasteiger charge is 2.18. The van der Waals surface area contributed by atoms with Gasteiger partial charge in [0.1, 0.15) is 17.2 Å². The summed E-state index contributed by atoms with van der Waals surface area (Å²) in [4.78, 5) is 31.5. The van der Waals surface area contributed by atoms with Crippen LogP contribution in [-0.4, -0.2) is 15.5 Å². The highest BCUT2D eigenvalue weighted by atomic mass is 79.9. The summed E-state index contributed by atoms with van der Waals surface area (Å²) in [5.74, 6) is -0.779. The molecule has 0 aliphatic rings. The fourth-order valence-electron chi connectivity index (χ4n) is 3.10. The Labute approximate surface area is 178 Å². The lowest BCUT2D eigenvalue weighted by molar-refractivity contribution is -0.116. The van der Waals surface area contributed by atoms with E-state index < -0.39 is 5.91 Å². The molecule has 0 fully saturated rings. The molecule has 1 N–H and O–H groups in total. The van der Waals surface area contributed by atoms with Gasteiger partial charge in [0.05, 0.1) is 11.7 Å². The summed E-state index contributed by atoms with van der Waals surface area (Å²) in [6, 6.07) is 13.2. The monoisotopic (exact) mass is 471 g/mol. The van der Waals surface area contributed by atoms with Gasteiger partial charge in [-0.15, -0.1) is 11.3 Å². The predicted molar refractivity (Wildman–Crippen MR) is 117 cm³/mol. The minimum absolute atomic E-state index is 0.187. The van der Waals surface area contributed by atoms with Crippen LogP contribution in [0.3, 0.4) is 0 Å². The summed E-state index contributed by atoms with van der Waals surface area (Å²) in [5.41, 5.74) is 1.94. The number of fused-ring (bicyclic) bond motifs is 1. The number of carbonyl (C=O) groups excluding carboxylic acids is 1. The van der Waals surface area contributed by atoms with Gasteiger partial charge in [-0.1, -0.05) is 28.1 Å². The fourth-order valence-corrected chi connectivity index (χ4v) is 4.37. The van der Waals surface area contributed by atoms with Gasteiger partial charge in [0.2, 0.25) is 5.91 Å². The summed E-state index contributed by atoms with van der Waals surface area (Å²) in [7, 11) is 0. The van der Waals surface area contributed by atoms with Gasteiger partial charge in [0, 0.05) is 20.6 Å². The number of anilines is 1. The van der Waals surface area contributed by atoms with Crippen molar-refractivity contribution in [3.63, 3.8) is 0 Å². The second-order valence-corrected chi connectivity index (χ2v) is 8.57. The van der Waals surface area contributed by atoms with Crippen molar-refractivity contribution in [3.05, 3.63) is 80.4 Å². The molecule has 29 heavy (non-hydrogen) atoms. The van der Waals surface area contributed by atoms with Gasteiger partial charge in [-0.25, -0.2) is 9.37 Å². The van der Waals surface area contributed by atoms with Crippen LogP contribution in [0, 0.1) is 12.7 Å². The van der Waals surface area contributed by atoms with Crippen molar-refractivity contribution < 1.29 is 9.18 Å². The number of nitrogens with zero attached hydrogens (tertiary/aromatic N) is 2. The third-order valence-electron chi connectivity index (χ3n) is 4.43. The summed E-state index contributed by atoms with van der Waals surface area (Å²) >= 11 is 4.87. The maximum atomic E-state index is 13.1. The van der Waals surface area contributed by atoms with Crippen LogP contribution in [-0.2, 0) is 11.3 Å². The first kappa shape index (κ1) is 19.5. The number of hydrogen-bond acceptors (Lipinski definition) is 4. The van der Waals surface area contributed by atoms with E-state index in [9.17, 15) is 14.0 Å². The van der Waals surface area contributed by atoms with Crippen molar-refractivity contribution >= 4 is 49.1 Å². The maximum Gasteiger partial charge on any atom is 0.263 e. The van der Waals surface area contributed by atoms with E-state index in [1.165, 1.54) is 46.5 Å². The molecule has 0 saturated carbocycles. The largest absolute Gasteiger partial charge is 0.325 e. The van der Waals surface area contributed by atoms with Gasteiger partial charge in [-0.3, -0.25) is 14.2 Å². The average molecular weight is 472 g/mol. The zero-order chi connectivity index (χ0) is 20.5. The van der Waals surface area contributed by atoms with Crippen LogP contribution in [0.15, 0.2) is 64.1 Å².